The van der Waals surface area contributed by atoms with E-state index in [4.69, 9.17) is 26.1 Å². The average molecular weight is 477 g/mol. The number of hydrogen-bond donors (Lipinski definition) is 0. The largest absolute Gasteiger partial charge is 0.493 e. The fourth-order valence-corrected chi connectivity index (χ4v) is 4.09. The Kier molecular flexibility index (Phi) is 8.21. The number of fused-ring (bicyclic) bond motifs is 1. The van der Waals surface area contributed by atoms with E-state index in [-0.39, 0.29) is 5.97 Å². The third-order valence-corrected chi connectivity index (χ3v) is 5.90. The molecule has 0 unspecified atom stereocenters. The first kappa shape index (κ1) is 23.8. The number of aromatic nitrogens is 2. The Labute approximate surface area is 205 Å². The minimum absolute atomic E-state index is 0.127. The van der Waals surface area contributed by atoms with Gasteiger partial charge < -0.3 is 14.0 Å². The Hall–Kier alpha value is -3.31. The fourth-order valence-electron chi connectivity index (χ4n) is 3.96. The summed E-state index contributed by atoms with van der Waals surface area (Å²) < 4.78 is 13.3. The molecule has 6 heteroatoms. The zero-order valence-electron chi connectivity index (χ0n) is 19.4. The lowest BCUT2D eigenvalue weighted by Crippen LogP contribution is -2.06. The first-order chi connectivity index (χ1) is 16.7. The van der Waals surface area contributed by atoms with Gasteiger partial charge in [0.05, 0.1) is 30.8 Å². The number of unbranched alkanes of at least 4 members (excludes halogenated alkanes) is 2. The van der Waals surface area contributed by atoms with Gasteiger partial charge in [0.2, 0.25) is 0 Å². The molecule has 0 spiro atoms. The number of rotatable bonds is 11. The summed E-state index contributed by atoms with van der Waals surface area (Å²) in [6, 6.07) is 24.1. The number of ether oxygens (including phenoxy) is 2. The molecular formula is C28H29ClN2O3. The lowest BCUT2D eigenvalue weighted by Gasteiger charge is -2.14. The van der Waals surface area contributed by atoms with Crippen LogP contribution in [0, 0.1) is 0 Å². The quantitative estimate of drug-likeness (QED) is 0.174. The summed E-state index contributed by atoms with van der Waals surface area (Å²) in [5, 5.41) is 0.701. The summed E-state index contributed by atoms with van der Waals surface area (Å²) in [4.78, 5) is 16.4. The van der Waals surface area contributed by atoms with Crippen molar-refractivity contribution in [2.24, 2.45) is 0 Å². The number of carbonyl (C=O) groups is 1. The van der Waals surface area contributed by atoms with E-state index in [0.717, 1.165) is 53.0 Å². The van der Waals surface area contributed by atoms with Gasteiger partial charge in [-0.1, -0.05) is 41.9 Å². The van der Waals surface area contributed by atoms with Crippen LogP contribution in [0.5, 0.6) is 5.75 Å². The first-order valence-corrected chi connectivity index (χ1v) is 12.1. The maximum Gasteiger partial charge on any atom is 0.305 e. The van der Waals surface area contributed by atoms with Crippen LogP contribution in [0.4, 0.5) is 0 Å². The Morgan fingerprint density at radius 1 is 0.941 bits per heavy atom. The van der Waals surface area contributed by atoms with Crippen LogP contribution >= 0.6 is 11.6 Å². The van der Waals surface area contributed by atoms with E-state index in [2.05, 4.69) is 16.7 Å². The van der Waals surface area contributed by atoms with Crippen molar-refractivity contribution in [1.82, 2.24) is 9.55 Å². The molecule has 0 aliphatic rings. The van der Waals surface area contributed by atoms with Crippen LogP contribution in [0.3, 0.4) is 0 Å². The topological polar surface area (TPSA) is 53.4 Å². The van der Waals surface area contributed by atoms with Gasteiger partial charge in [-0.3, -0.25) is 4.79 Å². The second kappa shape index (κ2) is 11.7. The maximum atomic E-state index is 11.5. The molecule has 1 heterocycles. The molecule has 3 aromatic carbocycles. The number of esters is 1. The average Bonchev–Trinajstić information content (AvgIpc) is 3.21. The SMILES string of the molecule is CCOC(=O)CCCCCOc1ccccc1Cn1c(-c2ccc(Cl)cc2)nc2ccccc21. The van der Waals surface area contributed by atoms with Gasteiger partial charge in [-0.15, -0.1) is 0 Å². The second-order valence-corrected chi connectivity index (χ2v) is 8.53. The molecule has 0 aliphatic carbocycles. The van der Waals surface area contributed by atoms with Crippen LogP contribution < -0.4 is 4.74 Å². The summed E-state index contributed by atoms with van der Waals surface area (Å²) in [6.07, 6.45) is 3.09. The molecule has 0 atom stereocenters. The first-order valence-electron chi connectivity index (χ1n) is 11.7. The Morgan fingerprint density at radius 2 is 1.71 bits per heavy atom. The summed E-state index contributed by atoms with van der Waals surface area (Å²) in [5.41, 5.74) is 4.13. The van der Waals surface area contributed by atoms with Gasteiger partial charge >= 0.3 is 5.97 Å². The highest BCUT2D eigenvalue weighted by Gasteiger charge is 2.15. The molecule has 0 saturated heterocycles. The van der Waals surface area contributed by atoms with Crippen molar-refractivity contribution in [3.63, 3.8) is 0 Å². The van der Waals surface area contributed by atoms with Gasteiger partial charge in [0.15, 0.2) is 0 Å². The maximum absolute atomic E-state index is 11.5. The van der Waals surface area contributed by atoms with E-state index in [1.165, 1.54) is 0 Å². The normalized spacial score (nSPS) is 11.0. The molecule has 0 fully saturated rings. The molecule has 0 radical (unpaired) electrons. The van der Waals surface area contributed by atoms with E-state index in [1.807, 2.05) is 67.6 Å². The lowest BCUT2D eigenvalue weighted by molar-refractivity contribution is -0.143. The van der Waals surface area contributed by atoms with Crippen LogP contribution in [0.2, 0.25) is 5.02 Å². The van der Waals surface area contributed by atoms with Crippen LogP contribution in [-0.2, 0) is 16.1 Å². The Bertz CT molecular complexity index is 1230. The number of para-hydroxylation sites is 3. The fraction of sp³-hybridized carbons (Fsp3) is 0.286. The number of imidazole rings is 1. The van der Waals surface area contributed by atoms with Gasteiger partial charge in [0.25, 0.3) is 0 Å². The van der Waals surface area contributed by atoms with Crippen molar-refractivity contribution in [3.05, 3.63) is 83.4 Å². The van der Waals surface area contributed by atoms with Crippen molar-refractivity contribution in [2.75, 3.05) is 13.2 Å². The molecule has 4 rings (SSSR count). The number of carbonyl (C=O) groups excluding carboxylic acids is 1. The Balaban J connectivity index is 1.48. The van der Waals surface area contributed by atoms with Gasteiger partial charge in [0, 0.05) is 22.6 Å². The molecular weight excluding hydrogens is 448 g/mol. The molecule has 0 bridgehead atoms. The van der Waals surface area contributed by atoms with Crippen molar-refractivity contribution in [3.8, 4) is 17.1 Å². The highest BCUT2D eigenvalue weighted by atomic mass is 35.5. The summed E-state index contributed by atoms with van der Waals surface area (Å²) in [7, 11) is 0. The van der Waals surface area contributed by atoms with E-state index >= 15 is 0 Å². The van der Waals surface area contributed by atoms with Crippen molar-refractivity contribution in [1.29, 1.82) is 0 Å². The number of nitrogens with zero attached hydrogens (tertiary/aromatic N) is 2. The third kappa shape index (κ3) is 5.97. The summed E-state index contributed by atoms with van der Waals surface area (Å²) in [5.74, 6) is 1.64. The van der Waals surface area contributed by atoms with Gasteiger partial charge in [0.1, 0.15) is 11.6 Å². The molecule has 0 aliphatic heterocycles. The van der Waals surface area contributed by atoms with E-state index < -0.39 is 0 Å². The lowest BCUT2D eigenvalue weighted by atomic mass is 10.1. The summed E-state index contributed by atoms with van der Waals surface area (Å²) >= 11 is 6.11. The predicted octanol–water partition coefficient (Wildman–Crippen LogP) is 6.91. The molecule has 0 amide bonds. The van der Waals surface area contributed by atoms with Crippen LogP contribution in [0.15, 0.2) is 72.8 Å². The van der Waals surface area contributed by atoms with Gasteiger partial charge in [-0.05, 0) is 68.7 Å². The molecule has 0 N–H and O–H groups in total. The predicted molar refractivity (Wildman–Crippen MR) is 136 cm³/mol. The summed E-state index contributed by atoms with van der Waals surface area (Å²) in [6.45, 7) is 3.50. The number of halogens is 1. The van der Waals surface area contributed by atoms with E-state index in [9.17, 15) is 4.79 Å². The standard InChI is InChI=1S/C28H29ClN2O3/c1-2-33-27(32)14-4-3-9-19-34-26-13-8-5-10-22(26)20-31-25-12-7-6-11-24(25)30-28(31)21-15-17-23(29)18-16-21/h5-8,10-13,15-18H,2-4,9,14,19-20H2,1H3. The number of hydrogen-bond acceptors (Lipinski definition) is 4. The van der Waals surface area contributed by atoms with Crippen molar-refractivity contribution >= 4 is 28.6 Å². The Morgan fingerprint density at radius 3 is 2.53 bits per heavy atom. The van der Waals surface area contributed by atoms with E-state index in [1.54, 1.807) is 0 Å². The van der Waals surface area contributed by atoms with Crippen molar-refractivity contribution in [2.45, 2.75) is 39.2 Å². The molecule has 176 valence electrons. The minimum Gasteiger partial charge on any atom is -0.493 e. The molecule has 1 aromatic heterocycles. The van der Waals surface area contributed by atoms with Crippen molar-refractivity contribution < 1.29 is 14.3 Å². The molecule has 0 saturated carbocycles. The van der Waals surface area contributed by atoms with Gasteiger partial charge in [-0.25, -0.2) is 4.98 Å². The third-order valence-electron chi connectivity index (χ3n) is 5.65. The smallest absolute Gasteiger partial charge is 0.305 e. The highest BCUT2D eigenvalue weighted by molar-refractivity contribution is 6.30. The van der Waals surface area contributed by atoms with Crippen LogP contribution in [-0.4, -0.2) is 28.7 Å². The number of benzene rings is 3. The minimum atomic E-state index is -0.127. The molecule has 5 nitrogen and oxygen atoms in total. The van der Waals surface area contributed by atoms with Crippen LogP contribution in [0.25, 0.3) is 22.4 Å². The molecule has 4 aromatic rings. The van der Waals surface area contributed by atoms with E-state index in [0.29, 0.717) is 31.2 Å². The van der Waals surface area contributed by atoms with Gasteiger partial charge in [-0.2, -0.15) is 0 Å². The monoisotopic (exact) mass is 476 g/mol. The molecule has 34 heavy (non-hydrogen) atoms. The van der Waals surface area contributed by atoms with Crippen LogP contribution in [0.1, 0.15) is 38.2 Å². The highest BCUT2D eigenvalue weighted by Crippen LogP contribution is 2.29. The zero-order valence-corrected chi connectivity index (χ0v) is 20.1. The zero-order chi connectivity index (χ0) is 23.8. The second-order valence-electron chi connectivity index (χ2n) is 8.09.